The van der Waals surface area contributed by atoms with Gasteiger partial charge in [-0.15, -0.1) is 0 Å². The van der Waals surface area contributed by atoms with Gasteiger partial charge in [0.2, 0.25) is 5.91 Å². The molecule has 4 nitrogen and oxygen atoms in total. The molecule has 1 N–H and O–H groups in total. The fraction of sp³-hybridized carbons (Fsp3) is 0.0833. The molecular weight excluding hydrogens is 384 g/mol. The molecule has 0 saturated carbocycles. The van der Waals surface area contributed by atoms with E-state index in [0.29, 0.717) is 15.9 Å². The van der Waals surface area contributed by atoms with E-state index in [0.717, 1.165) is 11.1 Å². The summed E-state index contributed by atoms with van der Waals surface area (Å²) in [6, 6.07) is 26.0. The van der Waals surface area contributed by atoms with Crippen LogP contribution in [0.1, 0.15) is 17.2 Å². The number of nitrogens with zero attached hydrogens (tertiary/aromatic N) is 1. The third-order valence-electron chi connectivity index (χ3n) is 4.82. The number of benzene rings is 3. The lowest BCUT2D eigenvalue weighted by atomic mass is 9.99. The van der Waals surface area contributed by atoms with E-state index in [1.807, 2.05) is 60.7 Å². The third kappa shape index (κ3) is 4.23. The van der Waals surface area contributed by atoms with E-state index in [9.17, 15) is 9.59 Å². The molecule has 4 rings (SSSR count). The van der Waals surface area contributed by atoms with E-state index >= 15 is 0 Å². The first-order valence-corrected chi connectivity index (χ1v) is 9.67. The number of aromatic nitrogens is 1. The zero-order valence-electron chi connectivity index (χ0n) is 15.6. The zero-order valence-corrected chi connectivity index (χ0v) is 16.3. The van der Waals surface area contributed by atoms with Gasteiger partial charge in [0, 0.05) is 22.7 Å². The molecular formula is C24H19ClN2O2. The Morgan fingerprint density at radius 3 is 2.14 bits per heavy atom. The van der Waals surface area contributed by atoms with Gasteiger partial charge >= 0.3 is 0 Å². The summed E-state index contributed by atoms with van der Waals surface area (Å²) in [5.74, 6) is -0.150. The van der Waals surface area contributed by atoms with Gasteiger partial charge in [0.1, 0.15) is 6.54 Å². The Morgan fingerprint density at radius 2 is 1.52 bits per heavy atom. The summed E-state index contributed by atoms with van der Waals surface area (Å²) in [6.07, 6.45) is 1.64. The molecule has 5 heteroatoms. The lowest BCUT2D eigenvalue weighted by molar-refractivity contribution is -0.122. The Labute approximate surface area is 173 Å². The molecule has 1 aromatic heterocycles. The monoisotopic (exact) mass is 402 g/mol. The minimum Gasteiger partial charge on any atom is -0.344 e. The van der Waals surface area contributed by atoms with Crippen molar-refractivity contribution in [3.8, 4) is 0 Å². The highest BCUT2D eigenvalue weighted by atomic mass is 35.5. The Bertz CT molecular complexity index is 1160. The third-order valence-corrected chi connectivity index (χ3v) is 5.06. The summed E-state index contributed by atoms with van der Waals surface area (Å²) in [5.41, 5.74) is 2.56. The molecule has 0 saturated heterocycles. The predicted octanol–water partition coefficient (Wildman–Crippen LogP) is 4.56. The van der Waals surface area contributed by atoms with E-state index in [-0.39, 0.29) is 23.9 Å². The molecule has 144 valence electrons. The highest BCUT2D eigenvalue weighted by molar-refractivity contribution is 6.31. The molecule has 0 atom stereocenters. The molecule has 0 aliphatic heterocycles. The molecule has 0 spiro atoms. The van der Waals surface area contributed by atoms with Crippen molar-refractivity contribution in [2.75, 3.05) is 0 Å². The Balaban J connectivity index is 1.64. The highest BCUT2D eigenvalue weighted by Crippen LogP contribution is 2.22. The SMILES string of the molecule is O=C(Cn1ccc(=O)c2cc(Cl)ccc21)NC(c1ccccc1)c1ccccc1. The lowest BCUT2D eigenvalue weighted by Crippen LogP contribution is -2.32. The van der Waals surface area contributed by atoms with Crippen molar-refractivity contribution < 1.29 is 4.79 Å². The number of halogens is 1. The van der Waals surface area contributed by atoms with Crippen molar-refractivity contribution >= 4 is 28.4 Å². The Kier molecular flexibility index (Phi) is 5.45. The molecule has 0 unspecified atom stereocenters. The number of nitrogens with one attached hydrogen (secondary N) is 1. The van der Waals surface area contributed by atoms with Gasteiger partial charge in [-0.2, -0.15) is 0 Å². The standard InChI is InChI=1S/C24H19ClN2O2/c25-19-11-12-21-20(15-19)22(28)13-14-27(21)16-23(29)26-24(17-7-3-1-4-8-17)18-9-5-2-6-10-18/h1-15,24H,16H2,(H,26,29). The van der Waals surface area contributed by atoms with Crippen molar-refractivity contribution in [3.05, 3.63) is 117 Å². The number of carbonyl (C=O) groups is 1. The first-order valence-electron chi connectivity index (χ1n) is 9.30. The largest absolute Gasteiger partial charge is 0.344 e. The molecule has 3 aromatic carbocycles. The average molecular weight is 403 g/mol. The molecule has 0 aliphatic carbocycles. The van der Waals surface area contributed by atoms with Crippen molar-refractivity contribution in [3.63, 3.8) is 0 Å². The first kappa shape index (κ1) is 19.0. The summed E-state index contributed by atoms with van der Waals surface area (Å²) in [4.78, 5) is 25.1. The zero-order chi connectivity index (χ0) is 20.2. The maximum absolute atomic E-state index is 12.9. The molecule has 1 amide bonds. The Hall–Kier alpha value is -3.37. The van der Waals surface area contributed by atoms with Gasteiger partial charge in [-0.05, 0) is 29.3 Å². The number of carbonyl (C=O) groups excluding carboxylic acids is 1. The molecule has 4 aromatic rings. The summed E-state index contributed by atoms with van der Waals surface area (Å²) in [7, 11) is 0. The van der Waals surface area contributed by atoms with Crippen LogP contribution in [0.2, 0.25) is 5.02 Å². The van der Waals surface area contributed by atoms with Crippen molar-refractivity contribution in [2.24, 2.45) is 0 Å². The second kappa shape index (κ2) is 8.33. The van der Waals surface area contributed by atoms with Crippen LogP contribution in [-0.4, -0.2) is 10.5 Å². The second-order valence-corrected chi connectivity index (χ2v) is 7.23. The predicted molar refractivity (Wildman–Crippen MR) is 116 cm³/mol. The number of rotatable bonds is 5. The van der Waals surface area contributed by atoms with E-state index in [1.165, 1.54) is 6.07 Å². The lowest BCUT2D eigenvalue weighted by Gasteiger charge is -2.21. The summed E-state index contributed by atoms with van der Waals surface area (Å²) >= 11 is 6.03. The highest BCUT2D eigenvalue weighted by Gasteiger charge is 2.17. The average Bonchev–Trinajstić information content (AvgIpc) is 2.75. The molecule has 29 heavy (non-hydrogen) atoms. The van der Waals surface area contributed by atoms with E-state index in [2.05, 4.69) is 5.32 Å². The van der Waals surface area contributed by atoms with Gasteiger partial charge < -0.3 is 9.88 Å². The minimum atomic E-state index is -0.259. The van der Waals surface area contributed by atoms with Crippen LogP contribution < -0.4 is 10.7 Å². The molecule has 0 bridgehead atoms. The smallest absolute Gasteiger partial charge is 0.240 e. The van der Waals surface area contributed by atoms with E-state index in [4.69, 9.17) is 11.6 Å². The summed E-state index contributed by atoms with van der Waals surface area (Å²) < 4.78 is 1.76. The van der Waals surface area contributed by atoms with E-state index in [1.54, 1.807) is 29.0 Å². The van der Waals surface area contributed by atoms with Gasteiger partial charge in [0.05, 0.1) is 11.6 Å². The van der Waals surface area contributed by atoms with Crippen LogP contribution >= 0.6 is 11.6 Å². The van der Waals surface area contributed by atoms with Crippen molar-refractivity contribution in [2.45, 2.75) is 12.6 Å². The van der Waals surface area contributed by atoms with Crippen LogP contribution in [0.5, 0.6) is 0 Å². The fourth-order valence-electron chi connectivity index (χ4n) is 3.43. The van der Waals surface area contributed by atoms with Crippen molar-refractivity contribution in [1.29, 1.82) is 0 Å². The van der Waals surface area contributed by atoms with Gasteiger partial charge in [-0.1, -0.05) is 72.3 Å². The first-order chi connectivity index (χ1) is 14.1. The number of fused-ring (bicyclic) bond motifs is 1. The Morgan fingerprint density at radius 1 is 0.897 bits per heavy atom. The van der Waals surface area contributed by atoms with Gasteiger partial charge in [0.25, 0.3) is 0 Å². The maximum Gasteiger partial charge on any atom is 0.240 e. The quantitative estimate of drug-likeness (QED) is 0.532. The normalized spacial score (nSPS) is 11.0. The topological polar surface area (TPSA) is 51.1 Å². The fourth-order valence-corrected chi connectivity index (χ4v) is 3.61. The maximum atomic E-state index is 12.9. The molecule has 0 aliphatic rings. The number of hydrogen-bond acceptors (Lipinski definition) is 2. The van der Waals surface area contributed by atoms with Gasteiger partial charge in [-0.3, -0.25) is 9.59 Å². The number of hydrogen-bond donors (Lipinski definition) is 1. The molecule has 1 heterocycles. The van der Waals surface area contributed by atoms with Crippen LogP contribution in [0.25, 0.3) is 10.9 Å². The van der Waals surface area contributed by atoms with Crippen LogP contribution in [0, 0.1) is 0 Å². The number of amides is 1. The summed E-state index contributed by atoms with van der Waals surface area (Å²) in [5, 5.41) is 4.11. The van der Waals surface area contributed by atoms with Gasteiger partial charge in [-0.25, -0.2) is 0 Å². The molecule has 0 fully saturated rings. The van der Waals surface area contributed by atoms with Crippen molar-refractivity contribution in [1.82, 2.24) is 9.88 Å². The number of pyridine rings is 1. The second-order valence-electron chi connectivity index (χ2n) is 6.79. The van der Waals surface area contributed by atoms with Crippen LogP contribution in [0.15, 0.2) is 95.9 Å². The van der Waals surface area contributed by atoms with E-state index < -0.39 is 0 Å². The summed E-state index contributed by atoms with van der Waals surface area (Å²) in [6.45, 7) is 0.0918. The van der Waals surface area contributed by atoms with Crippen LogP contribution in [0.4, 0.5) is 0 Å². The van der Waals surface area contributed by atoms with Gasteiger partial charge in [0.15, 0.2) is 5.43 Å². The minimum absolute atomic E-state index is 0.0918. The van der Waals surface area contributed by atoms with Crippen LogP contribution in [-0.2, 0) is 11.3 Å². The molecule has 0 radical (unpaired) electrons. The van der Waals surface area contributed by atoms with Crippen LogP contribution in [0.3, 0.4) is 0 Å².